The van der Waals surface area contributed by atoms with Gasteiger partial charge in [0.05, 0.1) is 17.6 Å². The average Bonchev–Trinajstić information content (AvgIpc) is 2.74. The zero-order chi connectivity index (χ0) is 12.3. The highest BCUT2D eigenvalue weighted by Crippen LogP contribution is 2.09. The lowest BCUT2D eigenvalue weighted by atomic mass is 10.1. The van der Waals surface area contributed by atoms with Gasteiger partial charge in [-0.05, 0) is 31.0 Å². The van der Waals surface area contributed by atoms with Crippen LogP contribution in [0.5, 0.6) is 0 Å². The van der Waals surface area contributed by atoms with Crippen molar-refractivity contribution in [2.24, 2.45) is 0 Å². The van der Waals surface area contributed by atoms with Gasteiger partial charge >= 0.3 is 5.97 Å². The first kappa shape index (κ1) is 11.3. The van der Waals surface area contributed by atoms with Gasteiger partial charge < -0.3 is 5.11 Å². The number of aromatic nitrogens is 3. The number of aryl methyl sites for hydroxylation is 2. The van der Waals surface area contributed by atoms with Crippen LogP contribution < -0.4 is 0 Å². The summed E-state index contributed by atoms with van der Waals surface area (Å²) in [6.45, 7) is 1.88. The maximum Gasteiger partial charge on any atom is 0.303 e. The van der Waals surface area contributed by atoms with Gasteiger partial charge in [-0.25, -0.2) is 0 Å². The van der Waals surface area contributed by atoms with E-state index in [-0.39, 0.29) is 6.42 Å². The Labute approximate surface area is 98.7 Å². The summed E-state index contributed by atoms with van der Waals surface area (Å²) in [7, 11) is 0. The van der Waals surface area contributed by atoms with Crippen molar-refractivity contribution in [2.45, 2.75) is 19.8 Å². The van der Waals surface area contributed by atoms with Gasteiger partial charge in [0.1, 0.15) is 0 Å². The molecule has 1 N–H and O–H groups in total. The Kier molecular flexibility index (Phi) is 3.18. The zero-order valence-corrected chi connectivity index (χ0v) is 9.50. The molecule has 1 heterocycles. The lowest BCUT2D eigenvalue weighted by molar-refractivity contribution is -0.136. The highest BCUT2D eigenvalue weighted by molar-refractivity contribution is 5.67. The average molecular weight is 231 g/mol. The Balaban J connectivity index is 2.10. The molecule has 5 heteroatoms. The van der Waals surface area contributed by atoms with E-state index < -0.39 is 5.97 Å². The molecule has 0 aliphatic carbocycles. The quantitative estimate of drug-likeness (QED) is 0.867. The number of carboxylic acids is 1. The van der Waals surface area contributed by atoms with Gasteiger partial charge in [-0.1, -0.05) is 12.1 Å². The van der Waals surface area contributed by atoms with E-state index in [2.05, 4.69) is 10.2 Å². The Morgan fingerprint density at radius 2 is 2.06 bits per heavy atom. The van der Waals surface area contributed by atoms with Crippen molar-refractivity contribution in [3.63, 3.8) is 0 Å². The Morgan fingerprint density at radius 3 is 2.59 bits per heavy atom. The largest absolute Gasteiger partial charge is 0.481 e. The maximum atomic E-state index is 10.4. The van der Waals surface area contributed by atoms with Crippen LogP contribution in [0.25, 0.3) is 5.69 Å². The zero-order valence-electron chi connectivity index (χ0n) is 9.50. The number of aliphatic carboxylic acids is 1. The van der Waals surface area contributed by atoms with Crippen molar-refractivity contribution in [3.05, 3.63) is 41.7 Å². The van der Waals surface area contributed by atoms with Crippen molar-refractivity contribution >= 4 is 5.97 Å². The monoisotopic (exact) mass is 231 g/mol. The fourth-order valence-corrected chi connectivity index (χ4v) is 1.51. The summed E-state index contributed by atoms with van der Waals surface area (Å²) in [5.41, 5.74) is 2.73. The van der Waals surface area contributed by atoms with Crippen LogP contribution in [0.2, 0.25) is 0 Å². The third kappa shape index (κ3) is 2.90. The first-order valence-electron chi connectivity index (χ1n) is 5.35. The molecule has 1 aromatic heterocycles. The number of hydrogen-bond acceptors (Lipinski definition) is 3. The number of carboxylic acid groups (broad SMARTS) is 1. The van der Waals surface area contributed by atoms with Crippen LogP contribution >= 0.6 is 0 Å². The molecule has 0 saturated carbocycles. The van der Waals surface area contributed by atoms with Crippen LogP contribution in [-0.4, -0.2) is 26.1 Å². The molecule has 1 aromatic carbocycles. The molecule has 88 valence electrons. The lowest BCUT2D eigenvalue weighted by Crippen LogP contribution is -2.00. The second-order valence-corrected chi connectivity index (χ2v) is 3.84. The number of benzene rings is 1. The fraction of sp³-hybridized carbons (Fsp3) is 0.250. The molecule has 0 amide bonds. The Morgan fingerprint density at radius 1 is 1.35 bits per heavy atom. The predicted octanol–water partition coefficient (Wildman–Crippen LogP) is 1.59. The molecular weight excluding hydrogens is 218 g/mol. The highest BCUT2D eigenvalue weighted by Gasteiger charge is 2.02. The normalized spacial score (nSPS) is 10.4. The van der Waals surface area contributed by atoms with Crippen LogP contribution in [0, 0.1) is 6.92 Å². The fourth-order valence-electron chi connectivity index (χ4n) is 1.51. The molecule has 2 aromatic rings. The molecule has 0 aliphatic rings. The minimum Gasteiger partial charge on any atom is -0.481 e. The van der Waals surface area contributed by atoms with Gasteiger partial charge in [0.15, 0.2) is 0 Å². The molecule has 2 rings (SSSR count). The smallest absolute Gasteiger partial charge is 0.303 e. The first-order valence-corrected chi connectivity index (χ1v) is 5.35. The maximum absolute atomic E-state index is 10.4. The summed E-state index contributed by atoms with van der Waals surface area (Å²) in [6, 6.07) is 7.57. The minimum atomic E-state index is -0.779. The summed E-state index contributed by atoms with van der Waals surface area (Å²) in [4.78, 5) is 12.0. The van der Waals surface area contributed by atoms with E-state index in [1.165, 1.54) is 0 Å². The van der Waals surface area contributed by atoms with Crippen LogP contribution in [0.4, 0.5) is 0 Å². The molecule has 0 aliphatic heterocycles. The summed E-state index contributed by atoms with van der Waals surface area (Å²) >= 11 is 0. The first-order chi connectivity index (χ1) is 8.15. The summed E-state index contributed by atoms with van der Waals surface area (Å²) < 4.78 is 0. The van der Waals surface area contributed by atoms with E-state index in [1.54, 1.807) is 11.0 Å². The number of nitrogens with zero attached hydrogens (tertiary/aromatic N) is 3. The Hall–Kier alpha value is -2.17. The van der Waals surface area contributed by atoms with Gasteiger partial charge in [0.25, 0.3) is 0 Å². The summed E-state index contributed by atoms with van der Waals surface area (Å²) in [6.07, 6.45) is 2.39. The SMILES string of the molecule is Cc1cnn(-c2ccc(CCC(=O)O)cc2)n1. The van der Waals surface area contributed by atoms with Gasteiger partial charge in [-0.2, -0.15) is 15.0 Å². The van der Waals surface area contributed by atoms with Crippen molar-refractivity contribution in [1.29, 1.82) is 0 Å². The predicted molar refractivity (Wildman–Crippen MR) is 62.1 cm³/mol. The van der Waals surface area contributed by atoms with E-state index in [0.29, 0.717) is 6.42 Å². The molecule has 0 spiro atoms. The third-order valence-corrected chi connectivity index (χ3v) is 2.40. The van der Waals surface area contributed by atoms with Crippen LogP contribution in [0.15, 0.2) is 30.5 Å². The van der Waals surface area contributed by atoms with E-state index in [1.807, 2.05) is 31.2 Å². The van der Waals surface area contributed by atoms with Crippen LogP contribution in [-0.2, 0) is 11.2 Å². The molecule has 5 nitrogen and oxygen atoms in total. The molecular formula is C12H13N3O2. The number of rotatable bonds is 4. The van der Waals surface area contributed by atoms with Crippen molar-refractivity contribution < 1.29 is 9.90 Å². The van der Waals surface area contributed by atoms with Crippen LogP contribution in [0.1, 0.15) is 17.7 Å². The highest BCUT2D eigenvalue weighted by atomic mass is 16.4. The summed E-state index contributed by atoms with van der Waals surface area (Å²) in [5.74, 6) is -0.779. The van der Waals surface area contributed by atoms with E-state index in [9.17, 15) is 4.79 Å². The van der Waals surface area contributed by atoms with Crippen LogP contribution in [0.3, 0.4) is 0 Å². The van der Waals surface area contributed by atoms with Crippen molar-refractivity contribution in [1.82, 2.24) is 15.0 Å². The molecule has 17 heavy (non-hydrogen) atoms. The topological polar surface area (TPSA) is 68.0 Å². The lowest BCUT2D eigenvalue weighted by Gasteiger charge is -2.02. The molecule has 0 bridgehead atoms. The minimum absolute atomic E-state index is 0.151. The molecule has 0 atom stereocenters. The van der Waals surface area contributed by atoms with E-state index in [4.69, 9.17) is 5.11 Å². The van der Waals surface area contributed by atoms with Gasteiger partial charge in [0, 0.05) is 6.42 Å². The van der Waals surface area contributed by atoms with E-state index >= 15 is 0 Å². The standard InChI is InChI=1S/C12H13N3O2/c1-9-8-13-15(14-9)11-5-2-10(3-6-11)4-7-12(16)17/h2-3,5-6,8H,4,7H2,1H3,(H,16,17). The Bertz CT molecular complexity index is 517. The van der Waals surface area contributed by atoms with Gasteiger partial charge in [-0.15, -0.1) is 0 Å². The van der Waals surface area contributed by atoms with Gasteiger partial charge in [-0.3, -0.25) is 4.79 Å². The number of hydrogen-bond donors (Lipinski definition) is 1. The second-order valence-electron chi connectivity index (χ2n) is 3.84. The third-order valence-electron chi connectivity index (χ3n) is 2.40. The second kappa shape index (κ2) is 4.78. The van der Waals surface area contributed by atoms with E-state index in [0.717, 1.165) is 16.9 Å². The van der Waals surface area contributed by atoms with Crippen molar-refractivity contribution in [3.8, 4) is 5.69 Å². The molecule has 0 unspecified atom stereocenters. The molecule has 0 saturated heterocycles. The number of carbonyl (C=O) groups is 1. The van der Waals surface area contributed by atoms with Gasteiger partial charge in [0.2, 0.25) is 0 Å². The molecule has 0 fully saturated rings. The van der Waals surface area contributed by atoms with Crippen molar-refractivity contribution in [2.75, 3.05) is 0 Å². The molecule has 0 radical (unpaired) electrons. The summed E-state index contributed by atoms with van der Waals surface area (Å²) in [5, 5.41) is 16.9.